The van der Waals surface area contributed by atoms with Crippen molar-refractivity contribution in [2.24, 2.45) is 0 Å². The topological polar surface area (TPSA) is 125 Å². The number of amides is 1. The van der Waals surface area contributed by atoms with Gasteiger partial charge >= 0.3 is 11.9 Å². The summed E-state index contributed by atoms with van der Waals surface area (Å²) in [5, 5.41) is 13.5. The molecule has 1 aromatic heterocycles. The third kappa shape index (κ3) is 4.90. The molecule has 1 aromatic carbocycles. The largest absolute Gasteiger partial charge is 0.462 e. The van der Waals surface area contributed by atoms with Crippen LogP contribution in [0.25, 0.3) is 0 Å². The van der Waals surface area contributed by atoms with Gasteiger partial charge in [0.2, 0.25) is 0 Å². The summed E-state index contributed by atoms with van der Waals surface area (Å²) in [7, 11) is 0. The highest BCUT2D eigenvalue weighted by Crippen LogP contribution is 2.35. The molecule has 1 N–H and O–H groups in total. The average molecular weight is 441 g/mol. The molecule has 154 valence electrons. The van der Waals surface area contributed by atoms with Crippen LogP contribution in [0.1, 0.15) is 49.8 Å². The van der Waals surface area contributed by atoms with E-state index in [-0.39, 0.29) is 44.9 Å². The highest BCUT2D eigenvalue weighted by Gasteiger charge is 2.28. The molecule has 0 aliphatic heterocycles. The lowest BCUT2D eigenvalue weighted by molar-refractivity contribution is -0.384. The zero-order valence-electron chi connectivity index (χ0n) is 15.7. The van der Waals surface area contributed by atoms with Crippen molar-refractivity contribution in [2.45, 2.75) is 20.8 Å². The maximum absolute atomic E-state index is 12.7. The Bertz CT molecular complexity index is 987. The summed E-state index contributed by atoms with van der Waals surface area (Å²) in [6.07, 6.45) is 0. The van der Waals surface area contributed by atoms with Crippen molar-refractivity contribution in [2.75, 3.05) is 18.5 Å². The summed E-state index contributed by atoms with van der Waals surface area (Å²) in [5.41, 5.74) is -0.165. The fraction of sp³-hybridized carbons (Fsp3) is 0.278. The van der Waals surface area contributed by atoms with E-state index in [1.165, 1.54) is 13.0 Å². The van der Waals surface area contributed by atoms with E-state index < -0.39 is 22.8 Å². The number of thiophene rings is 1. The lowest BCUT2D eigenvalue weighted by Gasteiger charge is -2.08. The number of non-ortho nitro benzene ring substituents is 1. The van der Waals surface area contributed by atoms with E-state index in [4.69, 9.17) is 21.1 Å². The van der Waals surface area contributed by atoms with Crippen LogP contribution in [-0.2, 0) is 9.47 Å². The molecule has 0 radical (unpaired) electrons. The SMILES string of the molecule is CCOC(=O)c1sc(NC(=O)c2cc([N+](=O)[O-])ccc2Cl)c(C(=O)OCC)c1C. The summed E-state index contributed by atoms with van der Waals surface area (Å²) in [6, 6.07) is 3.41. The molecule has 9 nitrogen and oxygen atoms in total. The van der Waals surface area contributed by atoms with Gasteiger partial charge in [0.1, 0.15) is 9.88 Å². The number of anilines is 1. The third-order valence-corrected chi connectivity index (χ3v) is 5.24. The maximum Gasteiger partial charge on any atom is 0.348 e. The first kappa shape index (κ1) is 22.3. The summed E-state index contributed by atoms with van der Waals surface area (Å²) >= 11 is 6.84. The van der Waals surface area contributed by atoms with Crippen molar-refractivity contribution >= 4 is 51.5 Å². The van der Waals surface area contributed by atoms with Gasteiger partial charge in [0.05, 0.1) is 34.3 Å². The van der Waals surface area contributed by atoms with Gasteiger partial charge in [-0.2, -0.15) is 0 Å². The highest BCUT2D eigenvalue weighted by atomic mass is 35.5. The standard InChI is InChI=1S/C18H17ClN2O7S/c1-4-27-17(23)13-9(3)14(18(24)28-5-2)29-16(13)20-15(22)11-8-10(21(25)26)6-7-12(11)19/h6-8H,4-5H2,1-3H3,(H,20,22). The van der Waals surface area contributed by atoms with Crippen molar-refractivity contribution in [3.63, 3.8) is 0 Å². The molecule has 0 fully saturated rings. The normalized spacial score (nSPS) is 10.3. The van der Waals surface area contributed by atoms with Gasteiger partial charge < -0.3 is 14.8 Å². The Morgan fingerprint density at radius 3 is 2.38 bits per heavy atom. The van der Waals surface area contributed by atoms with Crippen molar-refractivity contribution in [3.8, 4) is 0 Å². The van der Waals surface area contributed by atoms with Crippen LogP contribution in [0.5, 0.6) is 0 Å². The summed E-state index contributed by atoms with van der Waals surface area (Å²) in [6.45, 7) is 5.01. The molecule has 2 aromatic rings. The lowest BCUT2D eigenvalue weighted by Crippen LogP contribution is -2.15. The van der Waals surface area contributed by atoms with Gasteiger partial charge in [-0.1, -0.05) is 11.6 Å². The fourth-order valence-electron chi connectivity index (χ4n) is 2.41. The minimum Gasteiger partial charge on any atom is -0.462 e. The fourth-order valence-corrected chi connectivity index (χ4v) is 3.70. The van der Waals surface area contributed by atoms with Crippen LogP contribution < -0.4 is 5.32 Å². The number of nitrogens with one attached hydrogen (secondary N) is 1. The van der Waals surface area contributed by atoms with Crippen LogP contribution in [0.2, 0.25) is 5.02 Å². The second-order valence-electron chi connectivity index (χ2n) is 5.58. The molecule has 11 heteroatoms. The van der Waals surface area contributed by atoms with Gasteiger partial charge in [0.15, 0.2) is 0 Å². The van der Waals surface area contributed by atoms with Crippen LogP contribution in [0, 0.1) is 17.0 Å². The van der Waals surface area contributed by atoms with E-state index in [9.17, 15) is 24.5 Å². The molecule has 1 amide bonds. The maximum atomic E-state index is 12.7. The van der Waals surface area contributed by atoms with Crippen LogP contribution >= 0.6 is 22.9 Å². The third-order valence-electron chi connectivity index (χ3n) is 3.72. The van der Waals surface area contributed by atoms with E-state index in [0.29, 0.717) is 5.56 Å². The number of halogens is 1. The second-order valence-corrected chi connectivity index (χ2v) is 7.00. The van der Waals surface area contributed by atoms with E-state index in [2.05, 4.69) is 5.32 Å². The minimum atomic E-state index is -0.777. The molecule has 1 heterocycles. The molecule has 0 bridgehead atoms. The number of nitrogens with zero attached hydrogens (tertiary/aromatic N) is 1. The van der Waals surface area contributed by atoms with Crippen molar-refractivity contribution in [3.05, 3.63) is 54.9 Å². The van der Waals surface area contributed by atoms with E-state index in [0.717, 1.165) is 23.5 Å². The zero-order valence-corrected chi connectivity index (χ0v) is 17.3. The number of ether oxygens (including phenoxy) is 2. The van der Waals surface area contributed by atoms with Crippen molar-refractivity contribution in [1.29, 1.82) is 0 Å². The van der Waals surface area contributed by atoms with Gasteiger partial charge in [-0.15, -0.1) is 11.3 Å². The van der Waals surface area contributed by atoms with Gasteiger partial charge in [-0.3, -0.25) is 14.9 Å². The molecule has 0 saturated carbocycles. The van der Waals surface area contributed by atoms with Crippen LogP contribution in [-0.4, -0.2) is 36.0 Å². The molecular formula is C18H17ClN2O7S. The van der Waals surface area contributed by atoms with E-state index >= 15 is 0 Å². The van der Waals surface area contributed by atoms with Crippen LogP contribution in [0.3, 0.4) is 0 Å². The van der Waals surface area contributed by atoms with E-state index in [1.54, 1.807) is 13.8 Å². The number of carbonyl (C=O) groups excluding carboxylic acids is 3. The Hall–Kier alpha value is -2.98. The Kier molecular flexibility index (Phi) is 7.29. The molecule has 0 aliphatic rings. The quantitative estimate of drug-likeness (QED) is 0.388. The molecule has 29 heavy (non-hydrogen) atoms. The number of nitro benzene ring substituents is 1. The first-order valence-corrected chi connectivity index (χ1v) is 9.63. The molecular weight excluding hydrogens is 424 g/mol. The Morgan fingerprint density at radius 2 is 1.79 bits per heavy atom. The number of esters is 2. The number of hydrogen-bond donors (Lipinski definition) is 1. The summed E-state index contributed by atoms with van der Waals surface area (Å²) in [5.74, 6) is -2.15. The predicted molar refractivity (Wildman–Crippen MR) is 107 cm³/mol. The van der Waals surface area contributed by atoms with Crippen LogP contribution in [0.15, 0.2) is 18.2 Å². The van der Waals surface area contributed by atoms with Crippen LogP contribution in [0.4, 0.5) is 10.7 Å². The number of carbonyl (C=O) groups is 3. The summed E-state index contributed by atoms with van der Waals surface area (Å²) < 4.78 is 9.99. The second kappa shape index (κ2) is 9.48. The van der Waals surface area contributed by atoms with Gasteiger partial charge in [0.25, 0.3) is 11.6 Å². The molecule has 0 saturated heterocycles. The Labute approximate surface area is 174 Å². The van der Waals surface area contributed by atoms with Gasteiger partial charge in [-0.25, -0.2) is 9.59 Å². The zero-order chi connectivity index (χ0) is 21.7. The van der Waals surface area contributed by atoms with Gasteiger partial charge in [0, 0.05) is 12.1 Å². The summed E-state index contributed by atoms with van der Waals surface area (Å²) in [4.78, 5) is 47.7. The average Bonchev–Trinajstić information content (AvgIpc) is 2.98. The predicted octanol–water partition coefficient (Wildman–Crippen LogP) is 4.22. The molecule has 0 unspecified atom stereocenters. The Balaban J connectivity index is 2.48. The first-order valence-electron chi connectivity index (χ1n) is 8.44. The minimum absolute atomic E-state index is 0.00908. The molecule has 0 aliphatic carbocycles. The lowest BCUT2D eigenvalue weighted by atomic mass is 10.1. The number of hydrogen-bond acceptors (Lipinski definition) is 8. The number of benzene rings is 1. The number of rotatable bonds is 7. The molecule has 0 spiro atoms. The van der Waals surface area contributed by atoms with Gasteiger partial charge in [-0.05, 0) is 32.4 Å². The number of nitro groups is 1. The Morgan fingerprint density at radius 1 is 1.17 bits per heavy atom. The van der Waals surface area contributed by atoms with Crippen molar-refractivity contribution in [1.82, 2.24) is 0 Å². The van der Waals surface area contributed by atoms with Crippen molar-refractivity contribution < 1.29 is 28.8 Å². The highest BCUT2D eigenvalue weighted by molar-refractivity contribution is 7.18. The molecule has 2 rings (SSSR count). The van der Waals surface area contributed by atoms with E-state index in [1.807, 2.05) is 0 Å². The smallest absolute Gasteiger partial charge is 0.348 e. The monoisotopic (exact) mass is 440 g/mol. The molecule has 0 atom stereocenters. The first-order chi connectivity index (χ1) is 13.7.